The van der Waals surface area contributed by atoms with Crippen molar-refractivity contribution < 1.29 is 37.3 Å². The van der Waals surface area contributed by atoms with Crippen molar-refractivity contribution in [2.45, 2.75) is 226 Å². The molecule has 0 fully saturated rings. The summed E-state index contributed by atoms with van der Waals surface area (Å²) in [6, 6.07) is -0.898. The fourth-order valence-electron chi connectivity index (χ4n) is 7.25. The molecule has 0 heterocycles. The number of amides is 1. The van der Waals surface area contributed by atoms with E-state index in [9.17, 15) is 19.0 Å². The molecule has 0 saturated heterocycles. The van der Waals surface area contributed by atoms with E-state index in [4.69, 9.17) is 13.8 Å². The highest BCUT2D eigenvalue weighted by Crippen LogP contribution is 2.43. The Morgan fingerprint density at radius 3 is 1.42 bits per heavy atom. The van der Waals surface area contributed by atoms with E-state index in [-0.39, 0.29) is 37.9 Å². The summed E-state index contributed by atoms with van der Waals surface area (Å²) >= 11 is 0. The quantitative estimate of drug-likeness (QED) is 0.0205. The van der Waals surface area contributed by atoms with E-state index in [0.29, 0.717) is 23.9 Å². The van der Waals surface area contributed by atoms with E-state index in [0.717, 1.165) is 83.5 Å². The number of phosphoric acid groups is 1. The number of esters is 1. The van der Waals surface area contributed by atoms with Gasteiger partial charge in [0.15, 0.2) is 0 Å². The summed E-state index contributed by atoms with van der Waals surface area (Å²) in [5, 5.41) is 2.98. The zero-order chi connectivity index (χ0) is 50.8. The maximum absolute atomic E-state index is 13.4. The lowest BCUT2D eigenvalue weighted by Crippen LogP contribution is -2.47. The fraction of sp³-hybridized carbons (Fsp3) is 0.695. The third kappa shape index (κ3) is 49.7. The number of allylic oxidation sites excluding steroid dienone is 15. The predicted octanol–water partition coefficient (Wildman–Crippen LogP) is 16.4. The number of hydrogen-bond acceptors (Lipinski definition) is 6. The normalized spacial score (nSPS) is 14.6. The molecule has 69 heavy (non-hydrogen) atoms. The third-order valence-electron chi connectivity index (χ3n) is 11.5. The first kappa shape index (κ1) is 65.9. The van der Waals surface area contributed by atoms with Gasteiger partial charge < -0.3 is 19.4 Å². The number of quaternary nitrogens is 1. The Kier molecular flexibility index (Phi) is 46.4. The van der Waals surface area contributed by atoms with Crippen LogP contribution in [0.5, 0.6) is 0 Å². The Morgan fingerprint density at radius 2 is 0.942 bits per heavy atom. The molecule has 9 nitrogen and oxygen atoms in total. The molecular weight excluding hydrogens is 880 g/mol. The molecule has 0 aliphatic rings. The lowest BCUT2D eigenvalue weighted by molar-refractivity contribution is -0.870. The smallest absolute Gasteiger partial charge is 0.456 e. The predicted molar refractivity (Wildman–Crippen MR) is 295 cm³/mol. The lowest BCUT2D eigenvalue weighted by atomic mass is 10.1. The topological polar surface area (TPSA) is 111 Å². The highest BCUT2D eigenvalue weighted by Gasteiger charge is 2.30. The molecule has 0 aromatic heterocycles. The van der Waals surface area contributed by atoms with Crippen molar-refractivity contribution >= 4 is 19.7 Å². The molecule has 0 aliphatic carbocycles. The number of carbonyl (C=O) groups excluding carboxylic acids is 2. The van der Waals surface area contributed by atoms with Crippen molar-refractivity contribution in [3.8, 4) is 0 Å². The van der Waals surface area contributed by atoms with Crippen LogP contribution in [0.1, 0.15) is 213 Å². The van der Waals surface area contributed by atoms with Gasteiger partial charge >= 0.3 is 13.8 Å². The Balaban J connectivity index is 5.50. The molecule has 0 saturated carbocycles. The average molecular weight is 984 g/mol. The Morgan fingerprint density at radius 1 is 0.522 bits per heavy atom. The Hall–Kier alpha value is -3.07. The number of rotatable bonds is 48. The maximum atomic E-state index is 13.4. The molecule has 0 radical (unpaired) electrons. The van der Waals surface area contributed by atoms with Crippen LogP contribution in [0.3, 0.4) is 0 Å². The highest BCUT2D eigenvalue weighted by atomic mass is 31.2. The number of likely N-dealkylation sites (N-methyl/N-ethyl adjacent to an activating group) is 1. The summed E-state index contributed by atoms with van der Waals surface area (Å²) in [6.07, 6.45) is 64.2. The van der Waals surface area contributed by atoms with E-state index < -0.39 is 20.0 Å². The number of nitrogens with one attached hydrogen (secondary N) is 1. The van der Waals surface area contributed by atoms with Gasteiger partial charge in [-0.25, -0.2) is 4.57 Å². The van der Waals surface area contributed by atoms with Gasteiger partial charge in [0.2, 0.25) is 5.91 Å². The van der Waals surface area contributed by atoms with Crippen molar-refractivity contribution in [1.29, 1.82) is 0 Å². The van der Waals surface area contributed by atoms with Gasteiger partial charge in [0.25, 0.3) is 0 Å². The molecule has 10 heteroatoms. The molecule has 396 valence electrons. The summed E-state index contributed by atoms with van der Waals surface area (Å²) in [6.45, 7) is 6.79. The second-order valence-corrected chi connectivity index (χ2v) is 20.8. The number of phosphoric ester groups is 1. The van der Waals surface area contributed by atoms with Crippen molar-refractivity contribution in [2.24, 2.45) is 0 Å². The SMILES string of the molecule is CC/C=C\C/C=C\C/C=C\C/C=C\C/C=C\C/C=C\CCC(=O)NC(COP(=O)(O)OCC[N+](C)(C)C)C(/C=C\CCCCCCCCCCC)OC(=O)CCCCC/C=C\CCCCCCCC. The maximum Gasteiger partial charge on any atom is 0.472 e. The summed E-state index contributed by atoms with van der Waals surface area (Å²) in [4.78, 5) is 37.4. The van der Waals surface area contributed by atoms with Gasteiger partial charge in [-0.15, -0.1) is 0 Å². The molecular formula is C59H104N2O7P+. The summed E-state index contributed by atoms with van der Waals surface area (Å²) in [7, 11) is 1.43. The molecule has 2 N–H and O–H groups in total. The number of ether oxygens (including phenoxy) is 1. The van der Waals surface area contributed by atoms with E-state index in [1.54, 1.807) is 0 Å². The van der Waals surface area contributed by atoms with E-state index in [1.807, 2.05) is 45.4 Å². The van der Waals surface area contributed by atoms with Crippen LogP contribution in [0.15, 0.2) is 97.2 Å². The number of hydrogen-bond donors (Lipinski definition) is 2. The first-order valence-corrected chi connectivity index (χ1v) is 29.1. The van der Waals surface area contributed by atoms with Crippen LogP contribution in [0, 0.1) is 0 Å². The highest BCUT2D eigenvalue weighted by molar-refractivity contribution is 7.47. The van der Waals surface area contributed by atoms with Gasteiger partial charge in [-0.3, -0.25) is 18.6 Å². The average Bonchev–Trinajstić information content (AvgIpc) is 3.31. The Labute approximate surface area is 424 Å². The first-order chi connectivity index (χ1) is 33.4. The minimum atomic E-state index is -4.47. The molecule has 1 amide bonds. The van der Waals surface area contributed by atoms with Crippen LogP contribution in [-0.4, -0.2) is 74.3 Å². The molecule has 0 aromatic carbocycles. The summed E-state index contributed by atoms with van der Waals surface area (Å²) in [5.41, 5.74) is 0. The van der Waals surface area contributed by atoms with Gasteiger partial charge in [0, 0.05) is 12.8 Å². The Bertz CT molecular complexity index is 1510. The van der Waals surface area contributed by atoms with Crippen molar-refractivity contribution in [1.82, 2.24) is 5.32 Å². The van der Waals surface area contributed by atoms with Crippen molar-refractivity contribution in [3.63, 3.8) is 0 Å². The van der Waals surface area contributed by atoms with Gasteiger partial charge in [-0.05, 0) is 96.0 Å². The van der Waals surface area contributed by atoms with E-state index in [1.165, 1.54) is 83.5 Å². The van der Waals surface area contributed by atoms with Crippen LogP contribution < -0.4 is 5.32 Å². The molecule has 3 unspecified atom stereocenters. The zero-order valence-corrected chi connectivity index (χ0v) is 45.9. The fourth-order valence-corrected chi connectivity index (χ4v) is 7.99. The number of unbranched alkanes of at least 4 members (excludes halogenated alkanes) is 18. The van der Waals surface area contributed by atoms with Crippen LogP contribution in [0.4, 0.5) is 0 Å². The van der Waals surface area contributed by atoms with Crippen LogP contribution in [-0.2, 0) is 27.9 Å². The second kappa shape index (κ2) is 48.6. The molecule has 0 aliphatic heterocycles. The van der Waals surface area contributed by atoms with Crippen molar-refractivity contribution in [3.05, 3.63) is 97.2 Å². The standard InChI is InChI=1S/C59H103N2O7P/c1-7-10-13-16-19-22-25-27-28-29-30-31-32-34-36-39-42-45-48-51-58(62)60-56(55-67-69(64,65)66-54-53-61(4,5)6)57(50-47-44-41-38-35-24-21-18-15-12-9-3)68-59(63)52-49-46-43-40-37-33-26-23-20-17-14-11-8-2/h10,13,19,22,27-28,30-31,33-34,36-37,42,45,47,50,56-57H,7-9,11-12,14-18,20-21,23-26,29,32,35,38-41,43-44,46,48-49,51-55H2,1-6H3,(H-,60,62,64,65)/p+1/b13-10-,22-19-,28-27-,31-30-,36-34-,37-33-,45-42-,50-47-. The van der Waals surface area contributed by atoms with Gasteiger partial charge in [-0.1, -0.05) is 202 Å². The molecule has 0 bridgehead atoms. The molecule has 0 rings (SSSR count). The van der Waals surface area contributed by atoms with Gasteiger partial charge in [-0.2, -0.15) is 0 Å². The summed E-state index contributed by atoms with van der Waals surface area (Å²) in [5.74, 6) is -0.630. The molecule has 0 spiro atoms. The van der Waals surface area contributed by atoms with Crippen molar-refractivity contribution in [2.75, 3.05) is 40.9 Å². The molecule has 3 atom stereocenters. The third-order valence-corrected chi connectivity index (χ3v) is 12.5. The first-order valence-electron chi connectivity index (χ1n) is 27.6. The molecule has 0 aromatic rings. The number of carbonyl (C=O) groups is 2. The monoisotopic (exact) mass is 984 g/mol. The number of nitrogens with zero attached hydrogens (tertiary/aromatic N) is 1. The summed E-state index contributed by atoms with van der Waals surface area (Å²) < 4.78 is 30.5. The van der Waals surface area contributed by atoms with E-state index in [2.05, 4.69) is 99.0 Å². The zero-order valence-electron chi connectivity index (χ0n) is 45.0. The second-order valence-electron chi connectivity index (χ2n) is 19.4. The van der Waals surface area contributed by atoms with Gasteiger partial charge in [0.05, 0.1) is 33.8 Å². The minimum absolute atomic E-state index is 0.0201. The van der Waals surface area contributed by atoms with E-state index >= 15 is 0 Å². The van der Waals surface area contributed by atoms with Crippen LogP contribution in [0.2, 0.25) is 0 Å². The largest absolute Gasteiger partial charge is 0.472 e. The van der Waals surface area contributed by atoms with Crippen LogP contribution in [0.25, 0.3) is 0 Å². The van der Waals surface area contributed by atoms with Gasteiger partial charge in [0.1, 0.15) is 19.3 Å². The minimum Gasteiger partial charge on any atom is -0.456 e. The van der Waals surface area contributed by atoms with Crippen LogP contribution >= 0.6 is 7.82 Å². The lowest BCUT2D eigenvalue weighted by Gasteiger charge is -2.27.